The van der Waals surface area contributed by atoms with Gasteiger partial charge in [0.1, 0.15) is 18.0 Å². The van der Waals surface area contributed by atoms with E-state index in [0.29, 0.717) is 5.92 Å². The molecule has 23 heavy (non-hydrogen) atoms. The number of nitrogens with one attached hydrogen (secondary N) is 1. The maximum Gasteiger partial charge on any atom is 0.163 e. The first-order valence-corrected chi connectivity index (χ1v) is 7.94. The quantitative estimate of drug-likeness (QED) is 0.789. The summed E-state index contributed by atoms with van der Waals surface area (Å²) in [6.45, 7) is 5.05. The van der Waals surface area contributed by atoms with Crippen LogP contribution in [0.15, 0.2) is 12.5 Å². The highest BCUT2D eigenvalue weighted by Gasteiger charge is 2.23. The molecule has 0 radical (unpaired) electrons. The number of hydrogen-bond donors (Lipinski definition) is 1. The van der Waals surface area contributed by atoms with Gasteiger partial charge >= 0.3 is 0 Å². The van der Waals surface area contributed by atoms with Gasteiger partial charge in [-0.25, -0.2) is 19.6 Å². The molecule has 4 heterocycles. The van der Waals surface area contributed by atoms with Crippen LogP contribution < -0.4 is 5.32 Å². The van der Waals surface area contributed by atoms with Crippen LogP contribution in [-0.4, -0.2) is 40.6 Å². The number of aromatic nitrogens is 7. The third kappa shape index (κ3) is 2.43. The number of fused-ring (bicyclic) bond motifs is 2. The Morgan fingerprint density at radius 1 is 1.30 bits per heavy atom. The van der Waals surface area contributed by atoms with E-state index in [0.717, 1.165) is 47.9 Å². The molecular formula is C15H20N8. The number of rotatable bonds is 3. The van der Waals surface area contributed by atoms with E-state index in [1.165, 1.54) is 0 Å². The van der Waals surface area contributed by atoms with Gasteiger partial charge in [-0.1, -0.05) is 13.8 Å². The fourth-order valence-corrected chi connectivity index (χ4v) is 2.96. The maximum absolute atomic E-state index is 4.63. The Bertz CT molecular complexity index is 846. The lowest BCUT2D eigenvalue weighted by Crippen LogP contribution is -2.32. The molecular weight excluding hydrogens is 292 g/mol. The Balaban J connectivity index is 1.57. The van der Waals surface area contributed by atoms with E-state index in [1.807, 2.05) is 11.7 Å². The smallest absolute Gasteiger partial charge is 0.163 e. The predicted octanol–water partition coefficient (Wildman–Crippen LogP) is 1.51. The highest BCUT2D eigenvalue weighted by atomic mass is 15.4. The molecule has 0 saturated heterocycles. The van der Waals surface area contributed by atoms with Crippen molar-refractivity contribution in [2.24, 2.45) is 7.05 Å². The van der Waals surface area contributed by atoms with E-state index in [9.17, 15) is 0 Å². The Kier molecular flexibility index (Phi) is 3.24. The highest BCUT2D eigenvalue weighted by Crippen LogP contribution is 2.22. The summed E-state index contributed by atoms with van der Waals surface area (Å²) in [5, 5.41) is 13.3. The summed E-state index contributed by atoms with van der Waals surface area (Å²) in [7, 11) is 1.88. The summed E-state index contributed by atoms with van der Waals surface area (Å²) >= 11 is 0. The minimum absolute atomic E-state index is 0.280. The standard InChI is InChI=1S/C15H20N8/c1-9(2)13-20-12-5-4-10(7-23(12)21-13)19-14-11-6-18-22(3)15(11)17-8-16-14/h6,8-10H,4-5,7H2,1-3H3,(H,16,17,19). The third-order valence-electron chi connectivity index (χ3n) is 4.26. The van der Waals surface area contributed by atoms with Crippen molar-refractivity contribution >= 4 is 16.9 Å². The zero-order valence-corrected chi connectivity index (χ0v) is 13.6. The van der Waals surface area contributed by atoms with Crippen LogP contribution in [0.3, 0.4) is 0 Å². The molecule has 0 bridgehead atoms. The van der Waals surface area contributed by atoms with Gasteiger partial charge in [-0.3, -0.25) is 4.68 Å². The van der Waals surface area contributed by atoms with Gasteiger partial charge in [0.25, 0.3) is 0 Å². The molecule has 0 aliphatic carbocycles. The first kappa shape index (κ1) is 14.1. The van der Waals surface area contributed by atoms with E-state index < -0.39 is 0 Å². The minimum Gasteiger partial charge on any atom is -0.365 e. The average molecular weight is 312 g/mol. The summed E-state index contributed by atoms with van der Waals surface area (Å²) in [4.78, 5) is 13.3. The molecule has 1 N–H and O–H groups in total. The fourth-order valence-electron chi connectivity index (χ4n) is 2.96. The van der Waals surface area contributed by atoms with Crippen LogP contribution in [0.25, 0.3) is 11.0 Å². The number of hydrogen-bond acceptors (Lipinski definition) is 6. The summed E-state index contributed by atoms with van der Waals surface area (Å²) in [6, 6.07) is 0.280. The Labute approximate surface area is 134 Å². The second-order valence-electron chi connectivity index (χ2n) is 6.33. The number of aryl methyl sites for hydroxylation is 2. The van der Waals surface area contributed by atoms with Gasteiger partial charge in [0.2, 0.25) is 0 Å². The zero-order chi connectivity index (χ0) is 16.0. The van der Waals surface area contributed by atoms with Crippen LogP contribution in [0.5, 0.6) is 0 Å². The molecule has 3 aromatic rings. The van der Waals surface area contributed by atoms with Crippen LogP contribution in [0.1, 0.15) is 37.8 Å². The first-order valence-electron chi connectivity index (χ1n) is 7.94. The maximum atomic E-state index is 4.63. The summed E-state index contributed by atoms with van der Waals surface area (Å²) in [6.07, 6.45) is 5.33. The Hall–Kier alpha value is -2.51. The van der Waals surface area contributed by atoms with Crippen molar-refractivity contribution in [3.63, 3.8) is 0 Å². The molecule has 0 amide bonds. The van der Waals surface area contributed by atoms with E-state index in [-0.39, 0.29) is 6.04 Å². The lowest BCUT2D eigenvalue weighted by atomic mass is 10.1. The molecule has 1 aliphatic heterocycles. The average Bonchev–Trinajstić information content (AvgIpc) is 3.12. The van der Waals surface area contributed by atoms with Gasteiger partial charge in [0.05, 0.1) is 18.1 Å². The second kappa shape index (κ2) is 5.29. The molecule has 1 aliphatic rings. The largest absolute Gasteiger partial charge is 0.365 e. The molecule has 1 unspecified atom stereocenters. The SMILES string of the molecule is CC(C)c1nc2n(n1)CC(Nc1ncnc3c1cnn3C)CC2. The van der Waals surface area contributed by atoms with Gasteiger partial charge < -0.3 is 5.32 Å². The van der Waals surface area contributed by atoms with E-state index in [2.05, 4.69) is 44.3 Å². The lowest BCUT2D eigenvalue weighted by molar-refractivity contribution is 0.439. The Morgan fingerprint density at radius 2 is 2.17 bits per heavy atom. The first-order chi connectivity index (χ1) is 11.1. The molecule has 8 nitrogen and oxygen atoms in total. The van der Waals surface area contributed by atoms with Crippen molar-refractivity contribution in [1.29, 1.82) is 0 Å². The van der Waals surface area contributed by atoms with E-state index in [1.54, 1.807) is 17.2 Å². The van der Waals surface area contributed by atoms with Crippen LogP contribution in [0.2, 0.25) is 0 Å². The van der Waals surface area contributed by atoms with Crippen LogP contribution in [0, 0.1) is 0 Å². The van der Waals surface area contributed by atoms with Gasteiger partial charge in [0, 0.05) is 25.4 Å². The molecule has 4 rings (SSSR count). The van der Waals surface area contributed by atoms with Crippen molar-refractivity contribution in [2.75, 3.05) is 5.32 Å². The molecule has 0 spiro atoms. The second-order valence-corrected chi connectivity index (χ2v) is 6.33. The summed E-state index contributed by atoms with van der Waals surface area (Å²) in [5.41, 5.74) is 0.835. The van der Waals surface area contributed by atoms with Crippen LogP contribution >= 0.6 is 0 Å². The highest BCUT2D eigenvalue weighted by molar-refractivity contribution is 5.86. The van der Waals surface area contributed by atoms with Gasteiger partial charge in [-0.2, -0.15) is 10.2 Å². The number of nitrogens with zero attached hydrogens (tertiary/aromatic N) is 7. The molecule has 0 fully saturated rings. The predicted molar refractivity (Wildman–Crippen MR) is 86.1 cm³/mol. The Morgan fingerprint density at radius 3 is 3.00 bits per heavy atom. The fraction of sp³-hybridized carbons (Fsp3) is 0.533. The normalized spacial score (nSPS) is 17.7. The molecule has 3 aromatic heterocycles. The molecule has 0 aromatic carbocycles. The summed E-state index contributed by atoms with van der Waals surface area (Å²) < 4.78 is 3.78. The topological polar surface area (TPSA) is 86.3 Å². The van der Waals surface area contributed by atoms with Gasteiger partial charge in [0.15, 0.2) is 11.5 Å². The van der Waals surface area contributed by atoms with E-state index in [4.69, 9.17) is 0 Å². The van der Waals surface area contributed by atoms with Crippen molar-refractivity contribution in [1.82, 2.24) is 34.5 Å². The minimum atomic E-state index is 0.280. The summed E-state index contributed by atoms with van der Waals surface area (Å²) in [5.74, 6) is 3.20. The van der Waals surface area contributed by atoms with Crippen molar-refractivity contribution in [3.8, 4) is 0 Å². The van der Waals surface area contributed by atoms with Crippen molar-refractivity contribution in [2.45, 2.75) is 45.2 Å². The van der Waals surface area contributed by atoms with Crippen molar-refractivity contribution in [3.05, 3.63) is 24.2 Å². The molecule has 8 heteroatoms. The van der Waals surface area contributed by atoms with Crippen molar-refractivity contribution < 1.29 is 0 Å². The monoisotopic (exact) mass is 312 g/mol. The zero-order valence-electron chi connectivity index (χ0n) is 13.6. The van der Waals surface area contributed by atoms with E-state index >= 15 is 0 Å². The van der Waals surface area contributed by atoms with Crippen LogP contribution in [-0.2, 0) is 20.0 Å². The molecule has 120 valence electrons. The third-order valence-corrected chi connectivity index (χ3v) is 4.26. The molecule has 0 saturated carbocycles. The van der Waals surface area contributed by atoms with Gasteiger partial charge in [-0.15, -0.1) is 0 Å². The van der Waals surface area contributed by atoms with Gasteiger partial charge in [-0.05, 0) is 6.42 Å². The van der Waals surface area contributed by atoms with Crippen LogP contribution in [0.4, 0.5) is 5.82 Å². The number of anilines is 1. The molecule has 1 atom stereocenters. The lowest BCUT2D eigenvalue weighted by Gasteiger charge is -2.24.